The first kappa shape index (κ1) is 15.5. The lowest BCUT2D eigenvalue weighted by atomic mass is 10.0. The van der Waals surface area contributed by atoms with E-state index in [0.717, 1.165) is 30.6 Å². The lowest BCUT2D eigenvalue weighted by Gasteiger charge is -2.09. The van der Waals surface area contributed by atoms with Gasteiger partial charge in [0.2, 0.25) is 0 Å². The van der Waals surface area contributed by atoms with Crippen LogP contribution < -0.4 is 5.32 Å². The fourth-order valence-corrected chi connectivity index (χ4v) is 2.48. The molecule has 0 heterocycles. The Morgan fingerprint density at radius 3 is 2.80 bits per heavy atom. The van der Waals surface area contributed by atoms with Crippen LogP contribution in [-0.2, 0) is 6.54 Å². The van der Waals surface area contributed by atoms with Gasteiger partial charge in [-0.25, -0.2) is 4.39 Å². The van der Waals surface area contributed by atoms with Gasteiger partial charge in [0, 0.05) is 16.6 Å². The van der Waals surface area contributed by atoms with Crippen LogP contribution in [0.2, 0.25) is 5.02 Å². The molecule has 0 aliphatic rings. The Kier molecular flexibility index (Phi) is 5.58. The summed E-state index contributed by atoms with van der Waals surface area (Å²) in [5.41, 5.74) is 2.50. The third-order valence-electron chi connectivity index (χ3n) is 3.03. The first-order valence-electron chi connectivity index (χ1n) is 6.57. The van der Waals surface area contributed by atoms with E-state index in [0.29, 0.717) is 10.0 Å². The van der Waals surface area contributed by atoms with Crippen molar-refractivity contribution in [2.75, 3.05) is 6.54 Å². The summed E-state index contributed by atoms with van der Waals surface area (Å²) < 4.78 is 14.8. The van der Waals surface area contributed by atoms with Crippen LogP contribution in [0.1, 0.15) is 18.9 Å². The van der Waals surface area contributed by atoms with Crippen molar-refractivity contribution in [3.8, 4) is 11.1 Å². The molecule has 0 radical (unpaired) electrons. The van der Waals surface area contributed by atoms with Gasteiger partial charge in [0.1, 0.15) is 0 Å². The summed E-state index contributed by atoms with van der Waals surface area (Å²) in [5.74, 6) is -0.389. The van der Waals surface area contributed by atoms with E-state index in [4.69, 9.17) is 11.6 Å². The molecule has 2 aromatic rings. The van der Waals surface area contributed by atoms with Crippen molar-refractivity contribution in [1.29, 1.82) is 0 Å². The second-order valence-electron chi connectivity index (χ2n) is 4.60. The van der Waals surface area contributed by atoms with Crippen molar-refractivity contribution in [2.45, 2.75) is 19.9 Å². The summed E-state index contributed by atoms with van der Waals surface area (Å²) in [6.07, 6.45) is 1.09. The molecule has 0 aliphatic heterocycles. The summed E-state index contributed by atoms with van der Waals surface area (Å²) in [6.45, 7) is 3.89. The van der Waals surface area contributed by atoms with Crippen LogP contribution in [0.4, 0.5) is 4.39 Å². The molecule has 2 aromatic carbocycles. The van der Waals surface area contributed by atoms with Crippen molar-refractivity contribution in [2.24, 2.45) is 0 Å². The van der Waals surface area contributed by atoms with E-state index >= 15 is 0 Å². The molecule has 0 unspecified atom stereocenters. The fourth-order valence-electron chi connectivity index (χ4n) is 2.01. The largest absolute Gasteiger partial charge is 0.313 e. The lowest BCUT2D eigenvalue weighted by Crippen LogP contribution is -2.13. The highest BCUT2D eigenvalue weighted by Gasteiger charge is 2.12. The fraction of sp³-hybridized carbons (Fsp3) is 0.250. The van der Waals surface area contributed by atoms with Crippen LogP contribution in [0.3, 0.4) is 0 Å². The second kappa shape index (κ2) is 7.21. The average Bonchev–Trinajstić information content (AvgIpc) is 2.46. The molecule has 2 rings (SSSR count). The minimum Gasteiger partial charge on any atom is -0.313 e. The normalized spacial score (nSPS) is 10.8. The van der Waals surface area contributed by atoms with Crippen molar-refractivity contribution in [3.05, 3.63) is 57.3 Å². The zero-order chi connectivity index (χ0) is 14.5. The van der Waals surface area contributed by atoms with Gasteiger partial charge in [-0.1, -0.05) is 42.8 Å². The molecular weight excluding hydrogens is 341 g/mol. The summed E-state index contributed by atoms with van der Waals surface area (Å²) in [7, 11) is 0. The molecule has 0 fully saturated rings. The summed E-state index contributed by atoms with van der Waals surface area (Å²) >= 11 is 9.17. The Morgan fingerprint density at radius 1 is 1.25 bits per heavy atom. The van der Waals surface area contributed by atoms with Gasteiger partial charge in [0.15, 0.2) is 5.82 Å². The predicted octanol–water partition coefficient (Wildman–Crippen LogP) is 5.41. The van der Waals surface area contributed by atoms with E-state index in [9.17, 15) is 4.39 Å². The predicted molar refractivity (Wildman–Crippen MR) is 86.5 cm³/mol. The van der Waals surface area contributed by atoms with Crippen LogP contribution in [0.25, 0.3) is 11.1 Å². The minimum absolute atomic E-state index is 0.122. The summed E-state index contributed by atoms with van der Waals surface area (Å²) in [6, 6.07) is 11.4. The molecule has 0 bridgehead atoms. The number of halogens is 3. The van der Waals surface area contributed by atoms with Gasteiger partial charge in [-0.05, 0) is 52.2 Å². The maximum Gasteiger partial charge on any atom is 0.150 e. The Bertz CT molecular complexity index is 601. The van der Waals surface area contributed by atoms with Gasteiger partial charge in [0.05, 0.1) is 5.02 Å². The second-order valence-corrected chi connectivity index (χ2v) is 5.83. The molecule has 0 saturated heterocycles. The van der Waals surface area contributed by atoms with Crippen LogP contribution in [0.15, 0.2) is 40.9 Å². The van der Waals surface area contributed by atoms with E-state index in [1.54, 1.807) is 12.1 Å². The van der Waals surface area contributed by atoms with Gasteiger partial charge in [-0.15, -0.1) is 0 Å². The van der Waals surface area contributed by atoms with Crippen LogP contribution in [-0.4, -0.2) is 6.54 Å². The van der Waals surface area contributed by atoms with Gasteiger partial charge < -0.3 is 5.32 Å². The first-order chi connectivity index (χ1) is 9.63. The van der Waals surface area contributed by atoms with Crippen molar-refractivity contribution in [1.82, 2.24) is 5.32 Å². The van der Waals surface area contributed by atoms with E-state index < -0.39 is 0 Å². The number of benzene rings is 2. The van der Waals surface area contributed by atoms with Gasteiger partial charge in [-0.3, -0.25) is 0 Å². The maximum atomic E-state index is 14.2. The number of rotatable bonds is 5. The highest BCUT2D eigenvalue weighted by molar-refractivity contribution is 9.10. The molecule has 20 heavy (non-hydrogen) atoms. The van der Waals surface area contributed by atoms with E-state index in [-0.39, 0.29) is 10.8 Å². The Hall–Kier alpha value is -0.900. The molecule has 0 saturated carbocycles. The van der Waals surface area contributed by atoms with Crippen LogP contribution >= 0.6 is 27.5 Å². The molecule has 0 amide bonds. The van der Waals surface area contributed by atoms with Gasteiger partial charge in [-0.2, -0.15) is 0 Å². The van der Waals surface area contributed by atoms with E-state index in [1.165, 1.54) is 0 Å². The number of hydrogen-bond acceptors (Lipinski definition) is 1. The zero-order valence-electron chi connectivity index (χ0n) is 11.2. The van der Waals surface area contributed by atoms with E-state index in [1.807, 2.05) is 24.3 Å². The highest BCUT2D eigenvalue weighted by Crippen LogP contribution is 2.33. The van der Waals surface area contributed by atoms with Crippen molar-refractivity contribution >= 4 is 27.5 Å². The number of hydrogen-bond donors (Lipinski definition) is 1. The number of nitrogens with one attached hydrogen (secondary N) is 1. The SMILES string of the molecule is CCCNCc1cccc(-c2ccc(Br)c(Cl)c2F)c1. The van der Waals surface area contributed by atoms with Gasteiger partial charge >= 0.3 is 0 Å². The topological polar surface area (TPSA) is 12.0 Å². The quantitative estimate of drug-likeness (QED) is 0.558. The van der Waals surface area contributed by atoms with Crippen molar-refractivity contribution in [3.63, 3.8) is 0 Å². The Balaban J connectivity index is 2.29. The van der Waals surface area contributed by atoms with E-state index in [2.05, 4.69) is 28.2 Å². The molecule has 0 aromatic heterocycles. The maximum absolute atomic E-state index is 14.2. The zero-order valence-corrected chi connectivity index (χ0v) is 13.6. The monoisotopic (exact) mass is 355 g/mol. The van der Waals surface area contributed by atoms with Gasteiger partial charge in [0.25, 0.3) is 0 Å². The third kappa shape index (κ3) is 3.60. The lowest BCUT2D eigenvalue weighted by molar-refractivity contribution is 0.631. The third-order valence-corrected chi connectivity index (χ3v) is 4.29. The van der Waals surface area contributed by atoms with Crippen LogP contribution in [0.5, 0.6) is 0 Å². The molecule has 0 atom stereocenters. The molecule has 0 spiro atoms. The standard InChI is InChI=1S/C16H16BrClFN/c1-2-8-20-10-11-4-3-5-12(9-11)13-6-7-14(17)15(18)16(13)19/h3-7,9,20H,2,8,10H2,1H3. The molecule has 1 N–H and O–H groups in total. The first-order valence-corrected chi connectivity index (χ1v) is 7.74. The Morgan fingerprint density at radius 2 is 2.05 bits per heavy atom. The summed E-state index contributed by atoms with van der Waals surface area (Å²) in [4.78, 5) is 0. The van der Waals surface area contributed by atoms with Crippen LogP contribution in [0, 0.1) is 5.82 Å². The molecule has 4 heteroatoms. The highest BCUT2D eigenvalue weighted by atomic mass is 79.9. The van der Waals surface area contributed by atoms with Crippen molar-refractivity contribution < 1.29 is 4.39 Å². The minimum atomic E-state index is -0.389. The molecular formula is C16H16BrClFN. The Labute approximate surface area is 132 Å². The smallest absolute Gasteiger partial charge is 0.150 e. The molecule has 1 nitrogen and oxygen atoms in total. The molecule has 106 valence electrons. The molecule has 0 aliphatic carbocycles. The summed E-state index contributed by atoms with van der Waals surface area (Å²) in [5, 5.41) is 3.46. The average molecular weight is 357 g/mol.